The molecule has 5 nitrogen and oxygen atoms in total. The first kappa shape index (κ1) is 10.8. The largest absolute Gasteiger partial charge is 0.379 e. The Hall–Kier alpha value is -1.28. The minimum atomic E-state index is -0.168. The predicted molar refractivity (Wildman–Crippen MR) is 50.6 cm³/mol. The highest BCUT2D eigenvalue weighted by Gasteiger charge is 2.16. The first-order chi connectivity index (χ1) is 6.83. The number of amides is 2. The van der Waals surface area contributed by atoms with Crippen LogP contribution in [-0.4, -0.2) is 31.8 Å². The lowest BCUT2D eigenvalue weighted by atomic mass is 10.3. The van der Waals surface area contributed by atoms with Crippen LogP contribution in [0.5, 0.6) is 0 Å². The number of hydrogen-bond acceptors (Lipinski definition) is 3. The molecule has 5 heteroatoms. The highest BCUT2D eigenvalue weighted by Crippen LogP contribution is 2.02. The standard InChI is InChI=1S/C9H15N3O2/c10-4-1-2-5-11-9(13)12-8-3-6-14-7-8/h8H,1-3,5-7H2,(H2,11,12,13). The summed E-state index contributed by atoms with van der Waals surface area (Å²) in [5.74, 6) is 0. The summed E-state index contributed by atoms with van der Waals surface area (Å²) in [6, 6.07) is 2.00. The Morgan fingerprint density at radius 2 is 2.50 bits per heavy atom. The molecule has 0 spiro atoms. The molecule has 2 amide bonds. The molecule has 1 heterocycles. The van der Waals surface area contributed by atoms with Crippen LogP contribution in [0.4, 0.5) is 4.79 Å². The second-order valence-electron chi connectivity index (χ2n) is 3.22. The molecule has 0 radical (unpaired) electrons. The molecule has 78 valence electrons. The molecule has 0 aliphatic carbocycles. The van der Waals surface area contributed by atoms with E-state index < -0.39 is 0 Å². The molecular weight excluding hydrogens is 182 g/mol. The molecule has 1 atom stereocenters. The van der Waals surface area contributed by atoms with E-state index in [1.807, 2.05) is 6.07 Å². The molecule has 1 saturated heterocycles. The minimum absolute atomic E-state index is 0.144. The normalized spacial score (nSPS) is 20.1. The number of unbranched alkanes of at least 4 members (excludes halogenated alkanes) is 1. The topological polar surface area (TPSA) is 74.2 Å². The van der Waals surface area contributed by atoms with Gasteiger partial charge in [-0.2, -0.15) is 5.26 Å². The maximum Gasteiger partial charge on any atom is 0.315 e. The Morgan fingerprint density at radius 1 is 1.64 bits per heavy atom. The summed E-state index contributed by atoms with van der Waals surface area (Å²) in [5, 5.41) is 13.8. The van der Waals surface area contributed by atoms with Crippen molar-refractivity contribution in [1.29, 1.82) is 5.26 Å². The van der Waals surface area contributed by atoms with Crippen LogP contribution in [-0.2, 0) is 4.74 Å². The third kappa shape index (κ3) is 4.10. The van der Waals surface area contributed by atoms with Crippen LogP contribution in [0.3, 0.4) is 0 Å². The van der Waals surface area contributed by atoms with Gasteiger partial charge >= 0.3 is 6.03 Å². The van der Waals surface area contributed by atoms with Crippen molar-refractivity contribution in [3.8, 4) is 6.07 Å². The summed E-state index contributed by atoms with van der Waals surface area (Å²) in [7, 11) is 0. The van der Waals surface area contributed by atoms with Crippen molar-refractivity contribution < 1.29 is 9.53 Å². The zero-order valence-electron chi connectivity index (χ0n) is 8.08. The molecule has 0 aromatic heterocycles. The van der Waals surface area contributed by atoms with Gasteiger partial charge in [-0.15, -0.1) is 0 Å². The molecule has 1 fully saturated rings. The number of nitriles is 1. The highest BCUT2D eigenvalue weighted by molar-refractivity contribution is 5.74. The van der Waals surface area contributed by atoms with Gasteiger partial charge in [0.1, 0.15) is 0 Å². The van der Waals surface area contributed by atoms with Crippen LogP contribution in [0.15, 0.2) is 0 Å². The van der Waals surface area contributed by atoms with E-state index in [-0.39, 0.29) is 12.1 Å². The molecule has 0 aromatic rings. The van der Waals surface area contributed by atoms with E-state index in [2.05, 4.69) is 10.6 Å². The predicted octanol–water partition coefficient (Wildman–Crippen LogP) is 0.378. The summed E-state index contributed by atoms with van der Waals surface area (Å²) in [5.41, 5.74) is 0. The van der Waals surface area contributed by atoms with E-state index in [0.29, 0.717) is 26.0 Å². The number of hydrogen-bond donors (Lipinski definition) is 2. The SMILES string of the molecule is N#CCCCNC(=O)NC1CCOC1. The molecule has 0 aromatic carbocycles. The van der Waals surface area contributed by atoms with E-state index >= 15 is 0 Å². The summed E-state index contributed by atoms with van der Waals surface area (Å²) in [6.07, 6.45) is 2.06. The average Bonchev–Trinajstić information content (AvgIpc) is 2.65. The van der Waals surface area contributed by atoms with Crippen molar-refractivity contribution in [2.45, 2.75) is 25.3 Å². The molecule has 14 heavy (non-hydrogen) atoms. The van der Waals surface area contributed by atoms with Crippen molar-refractivity contribution in [3.05, 3.63) is 0 Å². The number of nitrogens with one attached hydrogen (secondary N) is 2. The zero-order chi connectivity index (χ0) is 10.2. The quantitative estimate of drug-likeness (QED) is 0.640. The van der Waals surface area contributed by atoms with Gasteiger partial charge in [0.05, 0.1) is 18.7 Å². The van der Waals surface area contributed by atoms with E-state index in [1.165, 1.54) is 0 Å². The first-order valence-electron chi connectivity index (χ1n) is 4.82. The molecule has 0 saturated carbocycles. The van der Waals surface area contributed by atoms with Crippen molar-refractivity contribution in [2.24, 2.45) is 0 Å². The summed E-state index contributed by atoms with van der Waals surface area (Å²) in [6.45, 7) is 1.87. The number of urea groups is 1. The van der Waals surface area contributed by atoms with Crippen LogP contribution in [0.1, 0.15) is 19.3 Å². The van der Waals surface area contributed by atoms with Crippen LogP contribution < -0.4 is 10.6 Å². The van der Waals surface area contributed by atoms with Crippen molar-refractivity contribution >= 4 is 6.03 Å². The van der Waals surface area contributed by atoms with Crippen LogP contribution in [0.25, 0.3) is 0 Å². The van der Waals surface area contributed by atoms with Gasteiger partial charge in [-0.3, -0.25) is 0 Å². The fourth-order valence-corrected chi connectivity index (χ4v) is 1.25. The molecule has 1 unspecified atom stereocenters. The Balaban J connectivity index is 2.01. The van der Waals surface area contributed by atoms with Crippen LogP contribution in [0, 0.1) is 11.3 Å². The monoisotopic (exact) mass is 197 g/mol. The second kappa shape index (κ2) is 6.22. The van der Waals surface area contributed by atoms with Crippen LogP contribution in [0.2, 0.25) is 0 Å². The maximum atomic E-state index is 11.2. The summed E-state index contributed by atoms with van der Waals surface area (Å²) >= 11 is 0. The number of ether oxygens (including phenoxy) is 1. The van der Waals surface area contributed by atoms with Gasteiger partial charge in [-0.25, -0.2) is 4.79 Å². The van der Waals surface area contributed by atoms with Crippen molar-refractivity contribution in [1.82, 2.24) is 10.6 Å². The van der Waals surface area contributed by atoms with E-state index in [9.17, 15) is 4.79 Å². The molecule has 1 aliphatic heterocycles. The molecule has 1 rings (SSSR count). The first-order valence-corrected chi connectivity index (χ1v) is 4.82. The summed E-state index contributed by atoms with van der Waals surface area (Å²) < 4.78 is 5.12. The van der Waals surface area contributed by atoms with Gasteiger partial charge in [0, 0.05) is 19.6 Å². The lowest BCUT2D eigenvalue weighted by molar-refractivity contribution is 0.188. The van der Waals surface area contributed by atoms with Crippen molar-refractivity contribution in [2.75, 3.05) is 19.8 Å². The van der Waals surface area contributed by atoms with Gasteiger partial charge in [0.25, 0.3) is 0 Å². The van der Waals surface area contributed by atoms with Crippen LogP contribution >= 0.6 is 0 Å². The summed E-state index contributed by atoms with van der Waals surface area (Å²) in [4.78, 5) is 11.2. The fraction of sp³-hybridized carbons (Fsp3) is 0.778. The number of carbonyl (C=O) groups excluding carboxylic acids is 1. The van der Waals surface area contributed by atoms with E-state index in [0.717, 1.165) is 13.0 Å². The smallest absolute Gasteiger partial charge is 0.315 e. The minimum Gasteiger partial charge on any atom is -0.379 e. The van der Waals surface area contributed by atoms with E-state index in [4.69, 9.17) is 10.00 Å². The molecule has 0 bridgehead atoms. The Bertz CT molecular complexity index is 219. The fourth-order valence-electron chi connectivity index (χ4n) is 1.25. The van der Waals surface area contributed by atoms with Gasteiger partial charge in [0.15, 0.2) is 0 Å². The highest BCUT2D eigenvalue weighted by atomic mass is 16.5. The van der Waals surface area contributed by atoms with E-state index in [1.54, 1.807) is 0 Å². The third-order valence-electron chi connectivity index (χ3n) is 2.02. The lowest BCUT2D eigenvalue weighted by Gasteiger charge is -2.11. The Labute approximate surface area is 83.4 Å². The molecule has 1 aliphatic rings. The van der Waals surface area contributed by atoms with Gasteiger partial charge in [-0.1, -0.05) is 0 Å². The number of nitrogens with zero attached hydrogens (tertiary/aromatic N) is 1. The molecular formula is C9H15N3O2. The zero-order valence-corrected chi connectivity index (χ0v) is 8.08. The Kier molecular flexibility index (Phi) is 4.79. The second-order valence-corrected chi connectivity index (χ2v) is 3.22. The Morgan fingerprint density at radius 3 is 3.14 bits per heavy atom. The van der Waals surface area contributed by atoms with Gasteiger partial charge in [0.2, 0.25) is 0 Å². The average molecular weight is 197 g/mol. The maximum absolute atomic E-state index is 11.2. The van der Waals surface area contributed by atoms with Gasteiger partial charge < -0.3 is 15.4 Å². The third-order valence-corrected chi connectivity index (χ3v) is 2.02. The van der Waals surface area contributed by atoms with Crippen molar-refractivity contribution in [3.63, 3.8) is 0 Å². The van der Waals surface area contributed by atoms with Gasteiger partial charge in [-0.05, 0) is 12.8 Å². The number of rotatable bonds is 4. The number of carbonyl (C=O) groups is 1. The lowest BCUT2D eigenvalue weighted by Crippen LogP contribution is -2.42. The molecule has 2 N–H and O–H groups in total.